The fraction of sp³-hybridized carbons (Fsp3) is 0.630. The SMILES string of the molecule is CC(=O)O[C@@H](/C=C/[C@H](C)[C@H](C=O)/C(C)=C/C=C/[C@@H](C)COC(=O)N(C)C)[C@@](C)(O)CC[C@H](O)CC=O. The van der Waals surface area contributed by atoms with E-state index in [9.17, 15) is 29.4 Å². The van der Waals surface area contributed by atoms with Crippen molar-refractivity contribution in [3.05, 3.63) is 36.0 Å². The van der Waals surface area contributed by atoms with Crippen LogP contribution in [0.5, 0.6) is 0 Å². The summed E-state index contributed by atoms with van der Waals surface area (Å²) in [5.74, 6) is -1.31. The fourth-order valence-electron chi connectivity index (χ4n) is 3.32. The molecule has 0 radical (unpaired) electrons. The lowest BCUT2D eigenvalue weighted by molar-refractivity contribution is -0.156. The van der Waals surface area contributed by atoms with E-state index >= 15 is 0 Å². The quantitative estimate of drug-likeness (QED) is 0.140. The Hall–Kier alpha value is -2.78. The molecule has 0 aliphatic heterocycles. The average Bonchev–Trinajstić information content (AvgIpc) is 2.79. The van der Waals surface area contributed by atoms with Crippen LogP contribution in [0.4, 0.5) is 4.79 Å². The number of carbonyl (C=O) groups is 4. The number of ether oxygens (including phenoxy) is 2. The standard InChI is InChI=1S/C27H43NO8/c1-19(18-35-26(33)28(6)7)9-8-10-20(2)24(17-30)21(3)11-12-25(36-22(4)31)27(5,34)15-13-23(32)14-16-29/h8-12,16-17,19,21,23-25,32,34H,13-15,18H2,1-7H3/b9-8+,12-11+,20-10+/t19-,21+,23+,24-,25+,27+/m1/s1. The monoisotopic (exact) mass is 509 g/mol. The number of allylic oxidation sites excluding steroid dienone is 4. The molecular weight excluding hydrogens is 466 g/mol. The van der Waals surface area contributed by atoms with Crippen molar-refractivity contribution in [1.29, 1.82) is 0 Å². The minimum absolute atomic E-state index is 0.0123. The Balaban J connectivity index is 5.32. The van der Waals surface area contributed by atoms with Gasteiger partial charge >= 0.3 is 12.1 Å². The molecule has 0 spiro atoms. The van der Waals surface area contributed by atoms with Gasteiger partial charge in [-0.05, 0) is 38.7 Å². The second-order valence-corrected chi connectivity index (χ2v) is 9.63. The molecule has 0 saturated carbocycles. The molecule has 1 amide bonds. The highest BCUT2D eigenvalue weighted by atomic mass is 16.6. The summed E-state index contributed by atoms with van der Waals surface area (Å²) >= 11 is 0. The van der Waals surface area contributed by atoms with E-state index < -0.39 is 35.8 Å². The summed E-state index contributed by atoms with van der Waals surface area (Å²) in [7, 11) is 3.22. The Morgan fingerprint density at radius 2 is 1.72 bits per heavy atom. The zero-order valence-corrected chi connectivity index (χ0v) is 22.5. The molecule has 2 N–H and O–H groups in total. The number of amides is 1. The summed E-state index contributed by atoms with van der Waals surface area (Å²) in [5.41, 5.74) is -0.675. The van der Waals surface area contributed by atoms with Crippen LogP contribution < -0.4 is 0 Å². The first-order valence-electron chi connectivity index (χ1n) is 12.1. The summed E-state index contributed by atoms with van der Waals surface area (Å²) in [5, 5.41) is 20.7. The van der Waals surface area contributed by atoms with Gasteiger partial charge in [0, 0.05) is 39.3 Å². The van der Waals surface area contributed by atoms with Gasteiger partial charge in [0.2, 0.25) is 0 Å². The number of aldehydes is 2. The number of esters is 1. The van der Waals surface area contributed by atoms with Gasteiger partial charge < -0.3 is 34.2 Å². The molecule has 0 heterocycles. The third-order valence-electron chi connectivity index (χ3n) is 5.72. The second-order valence-electron chi connectivity index (χ2n) is 9.63. The van der Waals surface area contributed by atoms with Crippen LogP contribution in [0.3, 0.4) is 0 Å². The van der Waals surface area contributed by atoms with Crippen molar-refractivity contribution in [3.63, 3.8) is 0 Å². The summed E-state index contributed by atoms with van der Waals surface area (Å²) in [4.78, 5) is 46.9. The molecule has 204 valence electrons. The minimum Gasteiger partial charge on any atom is -0.455 e. The van der Waals surface area contributed by atoms with Crippen molar-refractivity contribution >= 4 is 24.6 Å². The molecule has 0 aromatic heterocycles. The fourth-order valence-corrected chi connectivity index (χ4v) is 3.32. The topological polar surface area (TPSA) is 130 Å². The highest BCUT2D eigenvalue weighted by Gasteiger charge is 2.33. The summed E-state index contributed by atoms with van der Waals surface area (Å²) in [6.07, 6.45) is 8.15. The Morgan fingerprint density at radius 1 is 1.08 bits per heavy atom. The van der Waals surface area contributed by atoms with Crippen molar-refractivity contribution in [2.24, 2.45) is 17.8 Å². The van der Waals surface area contributed by atoms with Gasteiger partial charge in [-0.15, -0.1) is 0 Å². The molecule has 0 aliphatic rings. The lowest BCUT2D eigenvalue weighted by Crippen LogP contribution is -2.41. The zero-order valence-electron chi connectivity index (χ0n) is 22.5. The summed E-state index contributed by atoms with van der Waals surface area (Å²) in [6.45, 7) is 8.54. The maximum absolute atomic E-state index is 11.8. The number of aliphatic hydroxyl groups is 2. The van der Waals surface area contributed by atoms with Gasteiger partial charge in [-0.3, -0.25) is 4.79 Å². The first-order chi connectivity index (χ1) is 16.7. The molecule has 0 rings (SSSR count). The second kappa shape index (κ2) is 16.8. The Bertz CT molecular complexity index is 800. The van der Waals surface area contributed by atoms with E-state index in [2.05, 4.69) is 0 Å². The predicted molar refractivity (Wildman–Crippen MR) is 137 cm³/mol. The van der Waals surface area contributed by atoms with Crippen molar-refractivity contribution in [1.82, 2.24) is 4.90 Å². The molecule has 36 heavy (non-hydrogen) atoms. The van der Waals surface area contributed by atoms with Gasteiger partial charge in [-0.2, -0.15) is 0 Å². The van der Waals surface area contributed by atoms with Crippen LogP contribution in [-0.4, -0.2) is 78.3 Å². The van der Waals surface area contributed by atoms with Crippen molar-refractivity contribution < 1.29 is 38.9 Å². The van der Waals surface area contributed by atoms with E-state index in [0.717, 1.165) is 11.9 Å². The maximum atomic E-state index is 11.8. The van der Waals surface area contributed by atoms with Crippen LogP contribution in [0.1, 0.15) is 53.9 Å². The first kappa shape index (κ1) is 33.2. The number of aliphatic hydroxyl groups excluding tert-OH is 1. The maximum Gasteiger partial charge on any atom is 0.409 e. The Labute approximate surface area is 214 Å². The van der Waals surface area contributed by atoms with Crippen LogP contribution in [-0.2, 0) is 23.9 Å². The van der Waals surface area contributed by atoms with E-state index in [-0.39, 0.29) is 37.7 Å². The van der Waals surface area contributed by atoms with Gasteiger partial charge in [0.05, 0.1) is 12.7 Å². The smallest absolute Gasteiger partial charge is 0.409 e. The van der Waals surface area contributed by atoms with Gasteiger partial charge in [0.15, 0.2) is 0 Å². The molecule has 0 aromatic rings. The molecular formula is C27H43NO8. The number of hydrogen-bond acceptors (Lipinski definition) is 8. The Kier molecular flexibility index (Phi) is 15.5. The average molecular weight is 510 g/mol. The number of rotatable bonds is 16. The number of hydrogen-bond donors (Lipinski definition) is 2. The predicted octanol–water partition coefficient (Wildman–Crippen LogP) is 3.24. The van der Waals surface area contributed by atoms with Gasteiger partial charge in [-0.25, -0.2) is 4.79 Å². The van der Waals surface area contributed by atoms with Crippen molar-refractivity contribution in [3.8, 4) is 0 Å². The minimum atomic E-state index is -1.48. The van der Waals surface area contributed by atoms with Gasteiger partial charge in [0.1, 0.15) is 24.3 Å². The van der Waals surface area contributed by atoms with Crippen molar-refractivity contribution in [2.45, 2.75) is 71.7 Å². The lowest BCUT2D eigenvalue weighted by Gasteiger charge is -2.31. The lowest BCUT2D eigenvalue weighted by atomic mass is 9.86. The van der Waals surface area contributed by atoms with Crippen LogP contribution in [0, 0.1) is 17.8 Å². The number of carbonyl (C=O) groups excluding carboxylic acids is 4. The van der Waals surface area contributed by atoms with Crippen LogP contribution in [0.2, 0.25) is 0 Å². The summed E-state index contributed by atoms with van der Waals surface area (Å²) < 4.78 is 10.4. The molecule has 0 saturated heterocycles. The van der Waals surface area contributed by atoms with E-state index in [0.29, 0.717) is 6.29 Å². The van der Waals surface area contributed by atoms with Crippen LogP contribution >= 0.6 is 0 Å². The molecule has 0 bridgehead atoms. The van der Waals surface area contributed by atoms with E-state index in [1.165, 1.54) is 18.7 Å². The van der Waals surface area contributed by atoms with E-state index in [1.54, 1.807) is 26.2 Å². The zero-order chi connectivity index (χ0) is 27.9. The highest BCUT2D eigenvalue weighted by Crippen LogP contribution is 2.25. The van der Waals surface area contributed by atoms with E-state index in [4.69, 9.17) is 9.47 Å². The van der Waals surface area contributed by atoms with Crippen LogP contribution in [0.25, 0.3) is 0 Å². The highest BCUT2D eigenvalue weighted by molar-refractivity contribution is 5.67. The van der Waals surface area contributed by atoms with E-state index in [1.807, 2.05) is 39.0 Å². The molecule has 9 nitrogen and oxygen atoms in total. The first-order valence-corrected chi connectivity index (χ1v) is 12.1. The normalized spacial score (nSPS) is 18.1. The number of nitrogens with zero attached hydrogens (tertiary/aromatic N) is 1. The molecule has 6 atom stereocenters. The molecule has 0 aromatic carbocycles. The molecule has 0 aliphatic carbocycles. The van der Waals surface area contributed by atoms with Gasteiger partial charge in [0.25, 0.3) is 0 Å². The van der Waals surface area contributed by atoms with Crippen LogP contribution in [0.15, 0.2) is 36.0 Å². The third kappa shape index (κ3) is 13.3. The van der Waals surface area contributed by atoms with Gasteiger partial charge in [-0.1, -0.05) is 43.7 Å². The molecule has 9 heteroatoms. The molecule has 0 fully saturated rings. The Morgan fingerprint density at radius 3 is 2.25 bits per heavy atom. The third-order valence-corrected chi connectivity index (χ3v) is 5.72. The van der Waals surface area contributed by atoms with Crippen molar-refractivity contribution in [2.75, 3.05) is 20.7 Å². The summed E-state index contributed by atoms with van der Waals surface area (Å²) in [6, 6.07) is 0. The molecule has 0 unspecified atom stereocenters. The largest absolute Gasteiger partial charge is 0.455 e.